The van der Waals surface area contributed by atoms with Crippen LogP contribution in [0, 0.1) is 13.8 Å². The van der Waals surface area contributed by atoms with Gasteiger partial charge in [0.1, 0.15) is 17.6 Å². The van der Waals surface area contributed by atoms with Crippen LogP contribution in [0.15, 0.2) is 77.9 Å². The van der Waals surface area contributed by atoms with E-state index < -0.39 is 0 Å². The number of nitrogens with one attached hydrogen (secondary N) is 1. The van der Waals surface area contributed by atoms with E-state index in [1.54, 1.807) is 0 Å². The van der Waals surface area contributed by atoms with Crippen LogP contribution in [0.1, 0.15) is 34.8 Å². The predicted molar refractivity (Wildman–Crippen MR) is 117 cm³/mol. The molecule has 5 heteroatoms. The van der Waals surface area contributed by atoms with Gasteiger partial charge in [0, 0.05) is 12.0 Å². The number of hydrogen-bond acceptors (Lipinski definition) is 4. The summed E-state index contributed by atoms with van der Waals surface area (Å²) in [5.41, 5.74) is 7.46. The lowest BCUT2D eigenvalue weighted by Gasteiger charge is -2.27. The van der Waals surface area contributed by atoms with Crippen molar-refractivity contribution in [2.75, 3.05) is 6.61 Å². The number of amides is 1. The second-order valence-electron chi connectivity index (χ2n) is 7.37. The zero-order chi connectivity index (χ0) is 20.9. The quantitative estimate of drug-likeness (QED) is 0.630. The van der Waals surface area contributed by atoms with Gasteiger partial charge in [-0.25, -0.2) is 5.43 Å². The lowest BCUT2D eigenvalue weighted by Crippen LogP contribution is -2.28. The normalized spacial score (nSPS) is 16.5. The minimum absolute atomic E-state index is 0.0959. The Morgan fingerprint density at radius 1 is 1.07 bits per heavy atom. The van der Waals surface area contributed by atoms with Crippen molar-refractivity contribution in [1.29, 1.82) is 0 Å². The second-order valence-corrected chi connectivity index (χ2v) is 7.37. The maximum Gasteiger partial charge on any atom is 0.277 e. The van der Waals surface area contributed by atoms with Crippen molar-refractivity contribution in [1.82, 2.24) is 5.43 Å². The van der Waals surface area contributed by atoms with Crippen LogP contribution in [0.5, 0.6) is 11.5 Å². The van der Waals surface area contributed by atoms with Crippen molar-refractivity contribution in [3.8, 4) is 11.5 Å². The van der Waals surface area contributed by atoms with Crippen molar-refractivity contribution < 1.29 is 14.3 Å². The van der Waals surface area contributed by atoms with Crippen LogP contribution in [0.2, 0.25) is 0 Å². The maximum atomic E-state index is 12.3. The highest BCUT2D eigenvalue weighted by Gasteiger charge is 2.26. The molecule has 3 aromatic carbocycles. The van der Waals surface area contributed by atoms with Crippen LogP contribution in [-0.2, 0) is 4.79 Å². The van der Waals surface area contributed by atoms with Crippen LogP contribution in [0.3, 0.4) is 0 Å². The molecule has 30 heavy (non-hydrogen) atoms. The molecule has 3 aromatic rings. The first kappa shape index (κ1) is 19.7. The Morgan fingerprint density at radius 2 is 1.83 bits per heavy atom. The van der Waals surface area contributed by atoms with E-state index in [2.05, 4.69) is 10.5 Å². The third-order valence-electron chi connectivity index (χ3n) is 5.04. The number of carbonyl (C=O) groups is 1. The second kappa shape index (κ2) is 8.82. The van der Waals surface area contributed by atoms with Gasteiger partial charge in [0.2, 0.25) is 0 Å². The molecule has 1 amide bonds. The number of fused-ring (bicyclic) bond motifs is 1. The molecular formula is C25H24N2O3. The van der Waals surface area contributed by atoms with Gasteiger partial charge in [0.05, 0.1) is 5.71 Å². The summed E-state index contributed by atoms with van der Waals surface area (Å²) in [6.45, 7) is 3.85. The summed E-state index contributed by atoms with van der Waals surface area (Å²) in [4.78, 5) is 12.3. The third-order valence-corrected chi connectivity index (χ3v) is 5.04. The average molecular weight is 400 g/mol. The number of rotatable bonds is 5. The summed E-state index contributed by atoms with van der Waals surface area (Å²) in [5.74, 6) is 1.17. The molecule has 1 unspecified atom stereocenters. The van der Waals surface area contributed by atoms with Gasteiger partial charge < -0.3 is 9.47 Å². The maximum absolute atomic E-state index is 12.3. The highest BCUT2D eigenvalue weighted by atomic mass is 16.5. The molecule has 1 N–H and O–H groups in total. The minimum Gasteiger partial charge on any atom is -0.485 e. The summed E-state index contributed by atoms with van der Waals surface area (Å²) in [7, 11) is 0. The fraction of sp³-hybridized carbons (Fsp3) is 0.200. The van der Waals surface area contributed by atoms with Gasteiger partial charge in [0.25, 0.3) is 5.91 Å². The van der Waals surface area contributed by atoms with Crippen molar-refractivity contribution in [2.45, 2.75) is 26.4 Å². The lowest BCUT2D eigenvalue weighted by molar-refractivity contribution is -0.123. The van der Waals surface area contributed by atoms with Gasteiger partial charge in [0.15, 0.2) is 6.61 Å². The minimum atomic E-state index is -0.302. The summed E-state index contributed by atoms with van der Waals surface area (Å²) < 4.78 is 11.8. The molecule has 0 saturated heterocycles. The molecule has 1 atom stereocenters. The third kappa shape index (κ3) is 4.51. The van der Waals surface area contributed by atoms with Gasteiger partial charge in [-0.05, 0) is 48.7 Å². The molecule has 1 aliphatic rings. The first-order valence-electron chi connectivity index (χ1n) is 9.96. The molecule has 4 rings (SSSR count). The van der Waals surface area contributed by atoms with Gasteiger partial charge in [-0.3, -0.25) is 4.79 Å². The standard InChI is InChI=1S/C25H24N2O3/c1-17-12-13-18(2)23(14-17)29-16-25(28)27-26-21-15-24(19-8-4-3-5-9-19)30-22-11-7-6-10-20(21)22/h3-14,24H,15-16H2,1-2H3,(H,27,28). The number of hydrazone groups is 1. The molecule has 1 aliphatic heterocycles. The molecule has 152 valence electrons. The Labute approximate surface area is 176 Å². The predicted octanol–water partition coefficient (Wildman–Crippen LogP) is 4.73. The SMILES string of the molecule is Cc1ccc(C)c(OCC(=O)NN=C2CC(c3ccccc3)Oc3ccccc32)c1. The molecule has 0 bridgehead atoms. The number of ether oxygens (including phenoxy) is 2. The van der Waals surface area contributed by atoms with Crippen molar-refractivity contribution >= 4 is 11.6 Å². The number of hydrogen-bond donors (Lipinski definition) is 1. The monoisotopic (exact) mass is 400 g/mol. The summed E-state index contributed by atoms with van der Waals surface area (Å²) >= 11 is 0. The number of aryl methyl sites for hydroxylation is 2. The summed E-state index contributed by atoms with van der Waals surface area (Å²) in [6.07, 6.45) is 0.419. The lowest BCUT2D eigenvalue weighted by atomic mass is 9.96. The van der Waals surface area contributed by atoms with Crippen LogP contribution in [0.25, 0.3) is 0 Å². The molecule has 5 nitrogen and oxygen atoms in total. The van der Waals surface area contributed by atoms with Crippen LogP contribution in [-0.4, -0.2) is 18.2 Å². The number of nitrogens with zero attached hydrogens (tertiary/aromatic N) is 1. The fourth-order valence-corrected chi connectivity index (χ4v) is 3.42. The Morgan fingerprint density at radius 3 is 2.67 bits per heavy atom. The zero-order valence-corrected chi connectivity index (χ0v) is 17.1. The molecule has 0 fully saturated rings. The first-order valence-corrected chi connectivity index (χ1v) is 9.96. The van der Waals surface area contributed by atoms with E-state index in [0.717, 1.165) is 33.7 Å². The van der Waals surface area contributed by atoms with Gasteiger partial charge in [-0.15, -0.1) is 0 Å². The number of carbonyl (C=O) groups excluding carboxylic acids is 1. The molecule has 0 saturated carbocycles. The van der Waals surface area contributed by atoms with Gasteiger partial charge >= 0.3 is 0 Å². The topological polar surface area (TPSA) is 59.9 Å². The first-order chi connectivity index (χ1) is 14.6. The van der Waals surface area contributed by atoms with Crippen molar-refractivity contribution in [3.63, 3.8) is 0 Å². The van der Waals surface area contributed by atoms with Gasteiger partial charge in [-0.2, -0.15) is 5.10 Å². The largest absolute Gasteiger partial charge is 0.485 e. The van der Waals surface area contributed by atoms with Crippen molar-refractivity contribution in [3.05, 3.63) is 95.1 Å². The van der Waals surface area contributed by atoms with Crippen LogP contribution >= 0.6 is 0 Å². The van der Waals surface area contributed by atoms with Crippen molar-refractivity contribution in [2.24, 2.45) is 5.10 Å². The van der Waals surface area contributed by atoms with E-state index >= 15 is 0 Å². The Kier molecular flexibility index (Phi) is 5.80. The van der Waals surface area contributed by atoms with E-state index in [1.807, 2.05) is 86.6 Å². The van der Waals surface area contributed by atoms with E-state index in [1.165, 1.54) is 0 Å². The molecule has 0 aliphatic carbocycles. The van der Waals surface area contributed by atoms with Crippen LogP contribution < -0.4 is 14.9 Å². The molecule has 0 aromatic heterocycles. The summed E-state index contributed by atoms with van der Waals surface area (Å²) in [6, 6.07) is 23.7. The number of benzene rings is 3. The Hall–Kier alpha value is -3.60. The zero-order valence-electron chi connectivity index (χ0n) is 17.1. The highest BCUT2D eigenvalue weighted by molar-refractivity contribution is 6.04. The smallest absolute Gasteiger partial charge is 0.277 e. The molecular weight excluding hydrogens is 376 g/mol. The van der Waals surface area contributed by atoms with E-state index in [0.29, 0.717) is 12.2 Å². The fourth-order valence-electron chi connectivity index (χ4n) is 3.42. The highest BCUT2D eigenvalue weighted by Crippen LogP contribution is 2.34. The number of para-hydroxylation sites is 1. The molecule has 0 radical (unpaired) electrons. The van der Waals surface area contributed by atoms with Crippen LogP contribution in [0.4, 0.5) is 0 Å². The van der Waals surface area contributed by atoms with E-state index in [-0.39, 0.29) is 18.6 Å². The van der Waals surface area contributed by atoms with E-state index in [4.69, 9.17) is 9.47 Å². The average Bonchev–Trinajstić information content (AvgIpc) is 2.78. The van der Waals surface area contributed by atoms with Gasteiger partial charge in [-0.1, -0.05) is 54.6 Å². The van der Waals surface area contributed by atoms with E-state index in [9.17, 15) is 4.79 Å². The molecule has 1 heterocycles. The Balaban J connectivity index is 1.47. The Bertz CT molecular complexity index is 1080. The molecule has 0 spiro atoms. The summed E-state index contributed by atoms with van der Waals surface area (Å²) in [5, 5.41) is 4.41.